The summed E-state index contributed by atoms with van der Waals surface area (Å²) < 4.78 is 10.8. The Kier molecular flexibility index (Phi) is 7.25. The van der Waals surface area contributed by atoms with E-state index in [9.17, 15) is 9.90 Å². The standard InChI is InChI=1S/C17H26BN2O5/c1-18-16-15(22)14(13(25-16)7-8-21)20-17(23)12(19)9-10-3-5-11(24-2)6-4-10/h3-6,12-16,21-22H,7-9,19H2,1-2H3,(H,20,23)/t12?,13-,14+,15?,16-/m1/s1. The smallest absolute Gasteiger partial charge is 0.237 e. The second-order valence-electron chi connectivity index (χ2n) is 6.17. The molecule has 1 saturated heterocycles. The average molecular weight is 349 g/mol. The van der Waals surface area contributed by atoms with Crippen LogP contribution in [0.1, 0.15) is 12.0 Å². The number of rotatable bonds is 8. The normalized spacial score (nSPS) is 26.9. The van der Waals surface area contributed by atoms with Gasteiger partial charge in [-0.1, -0.05) is 19.0 Å². The highest BCUT2D eigenvalue weighted by molar-refractivity contribution is 6.35. The molecule has 0 spiro atoms. The fourth-order valence-corrected chi connectivity index (χ4v) is 3.00. The molecule has 1 aliphatic rings. The van der Waals surface area contributed by atoms with Gasteiger partial charge in [-0.3, -0.25) is 4.79 Å². The Hall–Kier alpha value is -1.61. The maximum absolute atomic E-state index is 12.4. The summed E-state index contributed by atoms with van der Waals surface area (Å²) in [6.45, 7) is 1.70. The molecule has 1 amide bonds. The maximum atomic E-state index is 12.4. The van der Waals surface area contributed by atoms with Crippen molar-refractivity contribution in [1.82, 2.24) is 5.32 Å². The van der Waals surface area contributed by atoms with Gasteiger partial charge in [-0.05, 0) is 30.5 Å². The summed E-state index contributed by atoms with van der Waals surface area (Å²) in [7, 11) is 3.32. The molecule has 25 heavy (non-hydrogen) atoms. The Balaban J connectivity index is 1.96. The Morgan fingerprint density at radius 2 is 2.12 bits per heavy atom. The Morgan fingerprint density at radius 1 is 1.44 bits per heavy atom. The lowest BCUT2D eigenvalue weighted by Gasteiger charge is -2.23. The molecule has 1 aromatic rings. The molecule has 2 rings (SSSR count). The van der Waals surface area contributed by atoms with Crippen molar-refractivity contribution in [3.8, 4) is 5.75 Å². The van der Waals surface area contributed by atoms with Gasteiger partial charge in [0.05, 0.1) is 37.4 Å². The minimum atomic E-state index is -0.862. The summed E-state index contributed by atoms with van der Waals surface area (Å²) in [6.07, 6.45) is -0.606. The van der Waals surface area contributed by atoms with Gasteiger partial charge in [0.1, 0.15) is 13.0 Å². The van der Waals surface area contributed by atoms with E-state index in [1.165, 1.54) is 0 Å². The zero-order valence-electron chi connectivity index (χ0n) is 14.6. The molecule has 0 saturated carbocycles. The summed E-state index contributed by atoms with van der Waals surface area (Å²) in [4.78, 5) is 12.4. The molecule has 1 heterocycles. The molecule has 7 nitrogen and oxygen atoms in total. The monoisotopic (exact) mass is 349 g/mol. The highest BCUT2D eigenvalue weighted by Gasteiger charge is 2.43. The van der Waals surface area contributed by atoms with Crippen LogP contribution in [0.2, 0.25) is 6.82 Å². The zero-order chi connectivity index (χ0) is 18.4. The van der Waals surface area contributed by atoms with Gasteiger partial charge < -0.3 is 30.7 Å². The molecule has 1 radical (unpaired) electrons. The van der Waals surface area contributed by atoms with Gasteiger partial charge >= 0.3 is 0 Å². The molecule has 1 aliphatic heterocycles. The highest BCUT2D eigenvalue weighted by Crippen LogP contribution is 2.23. The molecule has 0 aliphatic carbocycles. The first-order chi connectivity index (χ1) is 12.0. The van der Waals surface area contributed by atoms with E-state index in [-0.39, 0.29) is 12.5 Å². The fourth-order valence-electron chi connectivity index (χ4n) is 3.00. The van der Waals surface area contributed by atoms with Crippen LogP contribution in [0, 0.1) is 0 Å². The van der Waals surface area contributed by atoms with Crippen molar-refractivity contribution in [1.29, 1.82) is 0 Å². The molecule has 137 valence electrons. The second kappa shape index (κ2) is 9.19. The van der Waals surface area contributed by atoms with Crippen LogP contribution < -0.4 is 15.8 Å². The van der Waals surface area contributed by atoms with Crippen molar-refractivity contribution in [3.05, 3.63) is 29.8 Å². The lowest BCUT2D eigenvalue weighted by molar-refractivity contribution is -0.124. The molecule has 1 aromatic carbocycles. The van der Waals surface area contributed by atoms with Gasteiger partial charge in [0.25, 0.3) is 0 Å². The van der Waals surface area contributed by atoms with Crippen LogP contribution in [0.5, 0.6) is 5.75 Å². The number of aliphatic hydroxyl groups excluding tert-OH is 2. The number of amides is 1. The van der Waals surface area contributed by atoms with Gasteiger partial charge in [0.15, 0.2) is 0 Å². The van der Waals surface area contributed by atoms with Crippen LogP contribution in [0.15, 0.2) is 24.3 Å². The third-order valence-electron chi connectivity index (χ3n) is 4.44. The molecule has 1 fully saturated rings. The Morgan fingerprint density at radius 3 is 2.68 bits per heavy atom. The number of hydrogen-bond acceptors (Lipinski definition) is 6. The fraction of sp³-hybridized carbons (Fsp3) is 0.588. The third-order valence-corrected chi connectivity index (χ3v) is 4.44. The van der Waals surface area contributed by atoms with Gasteiger partial charge in [0.2, 0.25) is 5.91 Å². The highest BCUT2D eigenvalue weighted by atomic mass is 16.5. The average Bonchev–Trinajstić information content (AvgIpc) is 2.91. The van der Waals surface area contributed by atoms with Crippen molar-refractivity contribution < 1.29 is 24.5 Å². The van der Waals surface area contributed by atoms with Crippen molar-refractivity contribution in [2.45, 2.75) is 50.0 Å². The van der Waals surface area contributed by atoms with Crippen molar-refractivity contribution in [2.24, 2.45) is 5.73 Å². The number of hydrogen-bond donors (Lipinski definition) is 4. The molecule has 5 atom stereocenters. The minimum absolute atomic E-state index is 0.0852. The number of methoxy groups -OCH3 is 1. The number of benzene rings is 1. The maximum Gasteiger partial charge on any atom is 0.237 e. The first-order valence-electron chi connectivity index (χ1n) is 8.43. The molecule has 0 aromatic heterocycles. The van der Waals surface area contributed by atoms with Crippen LogP contribution in [0.25, 0.3) is 0 Å². The van der Waals surface area contributed by atoms with Crippen molar-refractivity contribution in [3.63, 3.8) is 0 Å². The van der Waals surface area contributed by atoms with E-state index in [1.54, 1.807) is 21.2 Å². The number of nitrogens with one attached hydrogen (secondary N) is 1. The number of ether oxygens (including phenoxy) is 2. The van der Waals surface area contributed by atoms with E-state index >= 15 is 0 Å². The minimum Gasteiger partial charge on any atom is -0.497 e. The van der Waals surface area contributed by atoms with Crippen molar-refractivity contribution >= 4 is 13.2 Å². The van der Waals surface area contributed by atoms with Crippen LogP contribution in [0.4, 0.5) is 0 Å². The van der Waals surface area contributed by atoms with Crippen LogP contribution >= 0.6 is 0 Å². The van der Waals surface area contributed by atoms with Crippen molar-refractivity contribution in [2.75, 3.05) is 13.7 Å². The summed E-state index contributed by atoms with van der Waals surface area (Å²) in [5, 5.41) is 22.2. The zero-order valence-corrected chi connectivity index (χ0v) is 14.6. The van der Waals surface area contributed by atoms with E-state index in [2.05, 4.69) is 5.32 Å². The van der Waals surface area contributed by atoms with E-state index in [1.807, 2.05) is 24.3 Å². The number of carbonyl (C=O) groups is 1. The molecule has 2 unspecified atom stereocenters. The second-order valence-corrected chi connectivity index (χ2v) is 6.17. The molecule has 0 bridgehead atoms. The SMILES string of the molecule is C[B][C@@H]1O[C@H](CCO)[C@H](NC(=O)C(N)Cc2ccc(OC)cc2)C1O. The largest absolute Gasteiger partial charge is 0.497 e. The summed E-state index contributed by atoms with van der Waals surface area (Å²) in [6, 6.07) is 5.52. The summed E-state index contributed by atoms with van der Waals surface area (Å²) in [5.74, 6) is 0.380. The lowest BCUT2D eigenvalue weighted by Crippen LogP contribution is -2.53. The predicted octanol–water partition coefficient (Wildman–Crippen LogP) is -0.730. The first kappa shape index (κ1) is 19.7. The summed E-state index contributed by atoms with van der Waals surface area (Å²) >= 11 is 0. The van der Waals surface area contributed by atoms with Crippen LogP contribution in [0.3, 0.4) is 0 Å². The number of carbonyl (C=O) groups excluding carboxylic acids is 1. The van der Waals surface area contributed by atoms with Gasteiger partial charge in [-0.25, -0.2) is 0 Å². The topological polar surface area (TPSA) is 114 Å². The summed E-state index contributed by atoms with van der Waals surface area (Å²) in [5.41, 5.74) is 6.92. The van der Waals surface area contributed by atoms with E-state index in [4.69, 9.17) is 20.3 Å². The van der Waals surface area contributed by atoms with E-state index in [0.29, 0.717) is 12.8 Å². The number of aliphatic hydroxyl groups is 2. The number of nitrogens with two attached hydrogens (primary N) is 1. The molecular formula is C17H26BN2O5. The van der Waals surface area contributed by atoms with E-state index in [0.717, 1.165) is 11.3 Å². The molecule has 5 N–H and O–H groups in total. The molecule has 8 heteroatoms. The third kappa shape index (κ3) is 4.95. The quantitative estimate of drug-likeness (QED) is 0.460. The first-order valence-corrected chi connectivity index (χ1v) is 8.43. The van der Waals surface area contributed by atoms with Gasteiger partial charge in [-0.15, -0.1) is 0 Å². The predicted molar refractivity (Wildman–Crippen MR) is 94.6 cm³/mol. The van der Waals surface area contributed by atoms with Crippen LogP contribution in [-0.2, 0) is 16.0 Å². The Bertz CT molecular complexity index is 556. The molecular weight excluding hydrogens is 323 g/mol. The van der Waals surface area contributed by atoms with Gasteiger partial charge in [-0.2, -0.15) is 0 Å². The van der Waals surface area contributed by atoms with E-state index < -0.39 is 30.3 Å². The van der Waals surface area contributed by atoms with Crippen LogP contribution in [-0.4, -0.2) is 67.4 Å². The Labute approximate surface area is 148 Å². The lowest BCUT2D eigenvalue weighted by atomic mass is 9.71. The van der Waals surface area contributed by atoms with Gasteiger partial charge in [0, 0.05) is 6.61 Å².